The molecular weight excluding hydrogens is 504 g/mol. The van der Waals surface area contributed by atoms with E-state index in [2.05, 4.69) is 21.3 Å². The summed E-state index contributed by atoms with van der Waals surface area (Å²) in [5, 5.41) is 21.8. The second-order valence-corrected chi connectivity index (χ2v) is 10.2. The molecule has 2 amide bonds. The van der Waals surface area contributed by atoms with Gasteiger partial charge in [-0.2, -0.15) is 0 Å². The minimum Gasteiger partial charge on any atom is -0.391 e. The van der Waals surface area contributed by atoms with Crippen LogP contribution in [0.5, 0.6) is 0 Å². The molecule has 214 valence electrons. The quantitative estimate of drug-likeness (QED) is 0.254. The normalized spacial score (nSPS) is 18.7. The summed E-state index contributed by atoms with van der Waals surface area (Å²) in [5.41, 5.74) is 5.38. The zero-order valence-corrected chi connectivity index (χ0v) is 23.3. The van der Waals surface area contributed by atoms with Crippen LogP contribution < -0.4 is 26.2 Å². The molecule has 1 fully saturated rings. The fourth-order valence-electron chi connectivity index (χ4n) is 5.61. The number of nitrogens with zero attached hydrogens (tertiary/aromatic N) is 2. The number of ether oxygens (including phenoxy) is 1. The van der Waals surface area contributed by atoms with Crippen LogP contribution in [0.15, 0.2) is 29.1 Å². The second-order valence-electron chi connectivity index (χ2n) is 10.2. The van der Waals surface area contributed by atoms with E-state index < -0.39 is 6.43 Å². The highest BCUT2D eigenvalue weighted by molar-refractivity contribution is 6.10. The van der Waals surface area contributed by atoms with Crippen LogP contribution in [-0.4, -0.2) is 83.3 Å². The first-order valence-electron chi connectivity index (χ1n) is 13.7. The van der Waals surface area contributed by atoms with E-state index in [0.29, 0.717) is 56.9 Å². The van der Waals surface area contributed by atoms with Crippen LogP contribution in [0.25, 0.3) is 5.57 Å². The smallest absolute Gasteiger partial charge is 0.317 e. The Bertz CT molecular complexity index is 1140. The van der Waals surface area contributed by atoms with Gasteiger partial charge >= 0.3 is 6.03 Å². The Kier molecular flexibility index (Phi) is 9.45. The van der Waals surface area contributed by atoms with Gasteiger partial charge in [0.1, 0.15) is 5.84 Å². The van der Waals surface area contributed by atoms with Gasteiger partial charge in [-0.1, -0.05) is 0 Å². The third kappa shape index (κ3) is 6.19. The maximum atomic E-state index is 14.4. The lowest BCUT2D eigenvalue weighted by Gasteiger charge is -2.36. The number of alkyl halides is 2. The molecule has 5 N–H and O–H groups in total. The van der Waals surface area contributed by atoms with Crippen molar-refractivity contribution in [3.63, 3.8) is 0 Å². The van der Waals surface area contributed by atoms with Gasteiger partial charge in [-0.3, -0.25) is 5.41 Å². The number of halogens is 2. The highest BCUT2D eigenvalue weighted by Crippen LogP contribution is 2.39. The highest BCUT2D eigenvalue weighted by Gasteiger charge is 2.33. The Hall–Kier alpha value is -3.18. The van der Waals surface area contributed by atoms with Crippen molar-refractivity contribution in [3.05, 3.63) is 45.8 Å². The summed E-state index contributed by atoms with van der Waals surface area (Å²) in [5.74, 6) is 0.252. The second kappa shape index (κ2) is 12.8. The van der Waals surface area contributed by atoms with Gasteiger partial charge in [-0.05, 0) is 62.1 Å². The van der Waals surface area contributed by atoms with Gasteiger partial charge in [-0.15, -0.1) is 0 Å². The first kappa shape index (κ1) is 28.8. The molecule has 0 bridgehead atoms. The average molecular weight is 546 g/mol. The number of anilines is 1. The van der Waals surface area contributed by atoms with Crippen LogP contribution in [0.4, 0.5) is 19.3 Å². The van der Waals surface area contributed by atoms with E-state index in [4.69, 9.17) is 4.74 Å². The zero-order chi connectivity index (χ0) is 28.1. The molecular formula is C28H41F2N7O2. The molecule has 0 unspecified atom stereocenters. The van der Waals surface area contributed by atoms with Crippen LogP contribution in [0.2, 0.25) is 0 Å². The van der Waals surface area contributed by atoms with Gasteiger partial charge in [-0.25, -0.2) is 13.6 Å². The molecule has 0 atom stereocenters. The predicted octanol–water partition coefficient (Wildman–Crippen LogP) is 3.20. The van der Waals surface area contributed by atoms with Crippen molar-refractivity contribution >= 4 is 23.1 Å². The molecule has 9 nitrogen and oxygen atoms in total. The standard InChI is InChI=1S/C28H41F2N7O2/c1-17(33-3)22(15-32-2)20-13-18-5-10-37(25(18)14-21(20)26(29)30)27(31)23-16-36(28(38)34-4)9-6-24(23)35-19-7-11-39-12-8-19/h13-14,19,26,31-33,35H,5-12,15-16H2,1-4H3,(H,34,38)/b22-17+,31-27?. The molecule has 3 aliphatic rings. The number of benzene rings is 1. The summed E-state index contributed by atoms with van der Waals surface area (Å²) in [7, 11) is 5.18. The molecule has 0 spiro atoms. The largest absolute Gasteiger partial charge is 0.391 e. The van der Waals surface area contributed by atoms with E-state index in [1.165, 1.54) is 0 Å². The number of hydrogen-bond acceptors (Lipinski definition) is 6. The van der Waals surface area contributed by atoms with Crippen molar-refractivity contribution < 1.29 is 18.3 Å². The number of likely N-dealkylation sites (N-methyl/N-ethyl adjacent to an activating group) is 1. The number of fused-ring (bicyclic) bond motifs is 1. The van der Waals surface area contributed by atoms with Crippen molar-refractivity contribution in [2.45, 2.75) is 45.1 Å². The van der Waals surface area contributed by atoms with Crippen molar-refractivity contribution in [2.24, 2.45) is 0 Å². The van der Waals surface area contributed by atoms with Gasteiger partial charge < -0.3 is 35.8 Å². The lowest BCUT2D eigenvalue weighted by Crippen LogP contribution is -2.48. The Morgan fingerprint density at radius 2 is 1.87 bits per heavy atom. The van der Waals surface area contributed by atoms with E-state index in [9.17, 15) is 19.0 Å². The first-order chi connectivity index (χ1) is 18.8. The molecule has 4 rings (SSSR count). The Labute approximate surface area is 229 Å². The summed E-state index contributed by atoms with van der Waals surface area (Å²) in [4.78, 5) is 16.0. The molecule has 1 aromatic carbocycles. The number of urea groups is 1. The fourth-order valence-corrected chi connectivity index (χ4v) is 5.61. The highest BCUT2D eigenvalue weighted by atomic mass is 19.3. The van der Waals surface area contributed by atoms with Crippen molar-refractivity contribution in [1.29, 1.82) is 5.41 Å². The maximum Gasteiger partial charge on any atom is 0.317 e. The summed E-state index contributed by atoms with van der Waals surface area (Å²) in [6.07, 6.45) is 0.345. The molecule has 1 aromatic rings. The van der Waals surface area contributed by atoms with Crippen molar-refractivity contribution in [1.82, 2.24) is 26.2 Å². The van der Waals surface area contributed by atoms with Crippen LogP contribution in [0.1, 0.15) is 49.3 Å². The lowest BCUT2D eigenvalue weighted by molar-refractivity contribution is 0.0798. The van der Waals surface area contributed by atoms with E-state index in [-0.39, 0.29) is 30.0 Å². The lowest BCUT2D eigenvalue weighted by atomic mass is 9.94. The Morgan fingerprint density at radius 3 is 2.51 bits per heavy atom. The number of amidine groups is 1. The molecule has 0 aliphatic carbocycles. The van der Waals surface area contributed by atoms with Crippen LogP contribution in [0, 0.1) is 5.41 Å². The molecule has 1 saturated heterocycles. The number of allylic oxidation sites excluding steroid dienone is 1. The summed E-state index contributed by atoms with van der Waals surface area (Å²) < 4.78 is 34.4. The van der Waals surface area contributed by atoms with Gasteiger partial charge in [0.2, 0.25) is 0 Å². The molecule has 39 heavy (non-hydrogen) atoms. The number of rotatable bonds is 8. The van der Waals surface area contributed by atoms with Gasteiger partial charge in [0, 0.05) is 87.6 Å². The molecule has 0 radical (unpaired) electrons. The first-order valence-corrected chi connectivity index (χ1v) is 13.7. The maximum absolute atomic E-state index is 14.4. The third-order valence-electron chi connectivity index (χ3n) is 7.89. The fraction of sp³-hybridized carbons (Fsp3) is 0.571. The van der Waals surface area contributed by atoms with Crippen molar-refractivity contribution in [3.8, 4) is 0 Å². The molecule has 3 heterocycles. The zero-order valence-electron chi connectivity index (χ0n) is 23.3. The summed E-state index contributed by atoms with van der Waals surface area (Å²) in [6.45, 7) is 5.07. The summed E-state index contributed by atoms with van der Waals surface area (Å²) >= 11 is 0. The SMILES string of the molecule is CNC/C(=C(/C)NC)c1cc2c(cc1C(F)F)N(C(=N)C1=C(NC3CCOCC3)CCN(C(=O)NC)C1)CC2. The number of carbonyl (C=O) groups is 1. The van der Waals surface area contributed by atoms with E-state index >= 15 is 0 Å². The number of amides is 2. The minimum absolute atomic E-state index is 0.0431. The molecule has 3 aliphatic heterocycles. The Morgan fingerprint density at radius 1 is 1.13 bits per heavy atom. The van der Waals surface area contributed by atoms with Crippen LogP contribution in [-0.2, 0) is 11.2 Å². The third-order valence-corrected chi connectivity index (χ3v) is 7.89. The summed E-state index contributed by atoms with van der Waals surface area (Å²) in [6, 6.07) is 3.47. The minimum atomic E-state index is -2.66. The van der Waals surface area contributed by atoms with Crippen LogP contribution in [0.3, 0.4) is 0 Å². The van der Waals surface area contributed by atoms with Gasteiger partial charge in [0.05, 0.1) is 6.54 Å². The molecule has 0 aromatic heterocycles. The predicted molar refractivity (Wildman–Crippen MR) is 150 cm³/mol. The van der Waals surface area contributed by atoms with E-state index in [1.54, 1.807) is 32.1 Å². The van der Waals surface area contributed by atoms with E-state index in [0.717, 1.165) is 40.9 Å². The average Bonchev–Trinajstić information content (AvgIpc) is 3.37. The topological polar surface area (TPSA) is 105 Å². The molecule has 0 saturated carbocycles. The van der Waals surface area contributed by atoms with Crippen molar-refractivity contribution in [2.75, 3.05) is 65.4 Å². The van der Waals surface area contributed by atoms with E-state index in [1.807, 2.05) is 17.9 Å². The number of nitrogens with one attached hydrogen (secondary N) is 5. The number of carbonyl (C=O) groups excluding carboxylic acids is 1. The van der Waals surface area contributed by atoms with Gasteiger partial charge in [0.25, 0.3) is 6.43 Å². The monoisotopic (exact) mass is 545 g/mol. The van der Waals surface area contributed by atoms with Crippen LogP contribution >= 0.6 is 0 Å². The Balaban J connectivity index is 1.71. The van der Waals surface area contributed by atoms with Gasteiger partial charge in [0.15, 0.2) is 0 Å². The molecule has 11 heteroatoms. The number of hydrogen-bond donors (Lipinski definition) is 5.